The van der Waals surface area contributed by atoms with Crippen molar-refractivity contribution < 1.29 is 4.79 Å². The summed E-state index contributed by atoms with van der Waals surface area (Å²) >= 11 is 0. The van der Waals surface area contributed by atoms with Gasteiger partial charge in [0.2, 0.25) is 5.91 Å². The van der Waals surface area contributed by atoms with Crippen LogP contribution in [-0.2, 0) is 17.6 Å². The van der Waals surface area contributed by atoms with E-state index in [0.29, 0.717) is 12.5 Å². The quantitative estimate of drug-likeness (QED) is 0.876. The second-order valence-electron chi connectivity index (χ2n) is 5.26. The number of nitrogens with one attached hydrogen (secondary N) is 2. The molecule has 20 heavy (non-hydrogen) atoms. The van der Waals surface area contributed by atoms with Crippen LogP contribution in [0.15, 0.2) is 24.3 Å². The van der Waals surface area contributed by atoms with Gasteiger partial charge in [-0.1, -0.05) is 31.2 Å². The highest BCUT2D eigenvalue weighted by Gasteiger charge is 2.14. The van der Waals surface area contributed by atoms with Gasteiger partial charge >= 0.3 is 0 Å². The van der Waals surface area contributed by atoms with Crippen molar-refractivity contribution in [3.8, 4) is 0 Å². The lowest BCUT2D eigenvalue weighted by Crippen LogP contribution is -2.42. The Labute approximate surface area is 127 Å². The summed E-state index contributed by atoms with van der Waals surface area (Å²) in [5, 5.41) is 6.44. The summed E-state index contributed by atoms with van der Waals surface area (Å²) in [7, 11) is 0. The van der Waals surface area contributed by atoms with E-state index in [1.54, 1.807) is 0 Å². The van der Waals surface area contributed by atoms with Gasteiger partial charge in [-0.3, -0.25) is 4.79 Å². The molecular formula is C16H25ClN2O. The number of carbonyl (C=O) groups is 1. The van der Waals surface area contributed by atoms with Gasteiger partial charge in [-0.15, -0.1) is 12.4 Å². The number of amides is 1. The van der Waals surface area contributed by atoms with Crippen molar-refractivity contribution in [1.82, 2.24) is 10.6 Å². The summed E-state index contributed by atoms with van der Waals surface area (Å²) in [6.07, 6.45) is 4.60. The third kappa shape index (κ3) is 5.51. The molecule has 1 fully saturated rings. The normalized spacial score (nSPS) is 15.4. The van der Waals surface area contributed by atoms with E-state index in [0.717, 1.165) is 38.8 Å². The second-order valence-corrected chi connectivity index (χ2v) is 5.26. The third-order valence-corrected chi connectivity index (χ3v) is 3.78. The molecule has 3 nitrogen and oxygen atoms in total. The predicted molar refractivity (Wildman–Crippen MR) is 85.4 cm³/mol. The van der Waals surface area contributed by atoms with Gasteiger partial charge in [-0.2, -0.15) is 0 Å². The number of aryl methyl sites for hydroxylation is 2. The summed E-state index contributed by atoms with van der Waals surface area (Å²) in [5.74, 6) is 0.187. The van der Waals surface area contributed by atoms with Gasteiger partial charge in [0.05, 0.1) is 0 Å². The first-order chi connectivity index (χ1) is 9.28. The van der Waals surface area contributed by atoms with Crippen LogP contribution in [-0.4, -0.2) is 25.0 Å². The zero-order valence-corrected chi connectivity index (χ0v) is 13.0. The number of rotatable bonds is 5. The summed E-state index contributed by atoms with van der Waals surface area (Å²) in [6, 6.07) is 8.95. The third-order valence-electron chi connectivity index (χ3n) is 3.78. The number of halogens is 1. The average molecular weight is 297 g/mol. The van der Waals surface area contributed by atoms with E-state index in [2.05, 4.69) is 41.8 Å². The van der Waals surface area contributed by atoms with Crippen LogP contribution < -0.4 is 10.6 Å². The fourth-order valence-corrected chi connectivity index (χ4v) is 2.47. The van der Waals surface area contributed by atoms with Crippen LogP contribution in [0.4, 0.5) is 0 Å². The standard InChI is InChI=1S/C16H24N2O.ClH/c1-2-13-3-5-14(6-4-13)7-8-16(19)18-15-9-11-17-12-10-15;/h3-6,15,17H,2,7-12H2,1H3,(H,18,19);1H. The Morgan fingerprint density at radius 2 is 1.80 bits per heavy atom. The Bertz CT molecular complexity index is 399. The van der Waals surface area contributed by atoms with Crippen LogP contribution in [0.3, 0.4) is 0 Å². The van der Waals surface area contributed by atoms with Gasteiger partial charge in [0.15, 0.2) is 0 Å². The van der Waals surface area contributed by atoms with Gasteiger partial charge in [0, 0.05) is 12.5 Å². The van der Waals surface area contributed by atoms with Gasteiger partial charge in [0.25, 0.3) is 0 Å². The Balaban J connectivity index is 0.00000200. The molecule has 0 unspecified atom stereocenters. The van der Waals surface area contributed by atoms with E-state index in [1.165, 1.54) is 11.1 Å². The zero-order chi connectivity index (χ0) is 13.5. The molecule has 1 heterocycles. The SMILES string of the molecule is CCc1ccc(CCC(=O)NC2CCNCC2)cc1.Cl. The second kappa shape index (κ2) is 8.98. The van der Waals surface area contributed by atoms with Crippen molar-refractivity contribution in [2.24, 2.45) is 0 Å². The minimum absolute atomic E-state index is 0. The van der Waals surface area contributed by atoms with E-state index in [1.807, 2.05) is 0 Å². The summed E-state index contributed by atoms with van der Waals surface area (Å²) in [5.41, 5.74) is 2.60. The van der Waals surface area contributed by atoms with Crippen LogP contribution in [0.25, 0.3) is 0 Å². The van der Waals surface area contributed by atoms with Gasteiger partial charge in [-0.05, 0) is 49.9 Å². The molecule has 0 aliphatic carbocycles. The lowest BCUT2D eigenvalue weighted by molar-refractivity contribution is -0.121. The lowest BCUT2D eigenvalue weighted by atomic mass is 10.0. The summed E-state index contributed by atoms with van der Waals surface area (Å²) in [4.78, 5) is 11.9. The van der Waals surface area contributed by atoms with E-state index >= 15 is 0 Å². The van der Waals surface area contributed by atoms with Crippen molar-refractivity contribution in [3.05, 3.63) is 35.4 Å². The van der Waals surface area contributed by atoms with Gasteiger partial charge in [0.1, 0.15) is 0 Å². The van der Waals surface area contributed by atoms with Crippen LogP contribution in [0, 0.1) is 0 Å². The molecule has 0 saturated carbocycles. The number of carbonyl (C=O) groups excluding carboxylic acids is 1. The minimum Gasteiger partial charge on any atom is -0.353 e. The molecule has 1 aromatic rings. The first-order valence-electron chi connectivity index (χ1n) is 7.36. The summed E-state index contributed by atoms with van der Waals surface area (Å²) < 4.78 is 0. The highest BCUT2D eigenvalue weighted by molar-refractivity contribution is 5.85. The van der Waals surface area contributed by atoms with Crippen LogP contribution in [0.1, 0.15) is 37.3 Å². The Kier molecular flexibility index (Phi) is 7.63. The molecule has 1 saturated heterocycles. The first kappa shape index (κ1) is 17.0. The van der Waals surface area contributed by atoms with Crippen molar-refractivity contribution in [1.29, 1.82) is 0 Å². The first-order valence-corrected chi connectivity index (χ1v) is 7.36. The largest absolute Gasteiger partial charge is 0.353 e. The van der Waals surface area contributed by atoms with Crippen molar-refractivity contribution in [2.75, 3.05) is 13.1 Å². The monoisotopic (exact) mass is 296 g/mol. The predicted octanol–water partition coefficient (Wildman–Crippen LogP) is 2.47. The molecule has 0 bridgehead atoms. The molecule has 4 heteroatoms. The number of hydrogen-bond acceptors (Lipinski definition) is 2. The molecule has 112 valence electrons. The maximum absolute atomic E-state index is 11.9. The maximum Gasteiger partial charge on any atom is 0.220 e. The molecule has 1 aromatic carbocycles. The minimum atomic E-state index is 0. The van der Waals surface area contributed by atoms with Crippen LogP contribution >= 0.6 is 12.4 Å². The molecule has 0 aromatic heterocycles. The van der Waals surface area contributed by atoms with Gasteiger partial charge in [-0.25, -0.2) is 0 Å². The maximum atomic E-state index is 11.9. The molecule has 1 aliphatic rings. The average Bonchev–Trinajstić information content (AvgIpc) is 2.47. The zero-order valence-electron chi connectivity index (χ0n) is 12.2. The lowest BCUT2D eigenvalue weighted by Gasteiger charge is -2.23. The van der Waals surface area contributed by atoms with E-state index < -0.39 is 0 Å². The Morgan fingerprint density at radius 1 is 1.20 bits per heavy atom. The Morgan fingerprint density at radius 3 is 2.40 bits per heavy atom. The van der Waals surface area contributed by atoms with E-state index in [-0.39, 0.29) is 18.3 Å². The fourth-order valence-electron chi connectivity index (χ4n) is 2.47. The van der Waals surface area contributed by atoms with Gasteiger partial charge < -0.3 is 10.6 Å². The van der Waals surface area contributed by atoms with E-state index in [4.69, 9.17) is 0 Å². The molecule has 0 radical (unpaired) electrons. The van der Waals surface area contributed by atoms with Crippen LogP contribution in [0.5, 0.6) is 0 Å². The highest BCUT2D eigenvalue weighted by atomic mass is 35.5. The molecule has 0 atom stereocenters. The molecule has 2 rings (SSSR count). The smallest absolute Gasteiger partial charge is 0.220 e. The number of hydrogen-bond donors (Lipinski definition) is 2. The Hall–Kier alpha value is -1.06. The number of piperidine rings is 1. The van der Waals surface area contributed by atoms with Crippen molar-refractivity contribution >= 4 is 18.3 Å². The molecule has 0 spiro atoms. The number of benzene rings is 1. The molecule has 1 aliphatic heterocycles. The van der Waals surface area contributed by atoms with Crippen molar-refractivity contribution in [2.45, 2.75) is 45.1 Å². The van der Waals surface area contributed by atoms with Crippen LogP contribution in [0.2, 0.25) is 0 Å². The summed E-state index contributed by atoms with van der Waals surface area (Å²) in [6.45, 7) is 4.19. The highest BCUT2D eigenvalue weighted by Crippen LogP contribution is 2.08. The topological polar surface area (TPSA) is 41.1 Å². The van der Waals surface area contributed by atoms with Crippen molar-refractivity contribution in [3.63, 3.8) is 0 Å². The molecule has 2 N–H and O–H groups in total. The molecule has 1 amide bonds. The fraction of sp³-hybridized carbons (Fsp3) is 0.562. The molecular weight excluding hydrogens is 272 g/mol. The van der Waals surface area contributed by atoms with E-state index in [9.17, 15) is 4.79 Å².